The van der Waals surface area contributed by atoms with Gasteiger partial charge in [0.05, 0.1) is 0 Å². The van der Waals surface area contributed by atoms with Crippen LogP contribution in [0.4, 0.5) is 0 Å². The van der Waals surface area contributed by atoms with Crippen molar-refractivity contribution in [2.75, 3.05) is 6.54 Å². The van der Waals surface area contributed by atoms with E-state index in [0.717, 1.165) is 18.4 Å². The summed E-state index contributed by atoms with van der Waals surface area (Å²) in [5, 5.41) is 2.84. The van der Waals surface area contributed by atoms with E-state index in [-0.39, 0.29) is 5.91 Å². The molecule has 1 aliphatic carbocycles. The average molecular weight is 400 g/mol. The van der Waals surface area contributed by atoms with Gasteiger partial charge in [0, 0.05) is 0 Å². The second-order valence-electron chi connectivity index (χ2n) is 4.09. The Kier molecular flexibility index (Phi) is 3.78. The first-order chi connectivity index (χ1) is 8.19. The summed E-state index contributed by atoms with van der Waals surface area (Å²) in [5.74, 6) is 0.547. The predicted octanol–water partition coefficient (Wildman–Crippen LogP) is 1.20. The minimum atomic E-state index is -0.886. The minimum absolute atomic E-state index is 0.0693. The summed E-state index contributed by atoms with van der Waals surface area (Å²) >= 11 is 1.38. The Balaban J connectivity index is 2.37. The van der Waals surface area contributed by atoms with E-state index in [2.05, 4.69) is 18.0 Å². The Morgan fingerprint density at radius 1 is 1.59 bits per heavy atom. The molecule has 0 radical (unpaired) electrons. The zero-order chi connectivity index (χ0) is 12.3. The third-order valence-corrected chi connectivity index (χ3v) is 3.49. The predicted molar refractivity (Wildman–Crippen MR) is 61.8 cm³/mol. The average Bonchev–Trinajstić information content (AvgIpc) is 2.33. The quantitative estimate of drug-likeness (QED) is 0.708. The van der Waals surface area contributed by atoms with Crippen LogP contribution in [0.25, 0.3) is 0 Å². The van der Waals surface area contributed by atoms with Gasteiger partial charge in [-0.1, -0.05) is 0 Å². The number of allylic oxidation sites excluding steroid dienone is 2. The van der Waals surface area contributed by atoms with Crippen molar-refractivity contribution < 1.29 is 28.9 Å². The fourth-order valence-corrected chi connectivity index (χ4v) is 2.44. The van der Waals surface area contributed by atoms with E-state index in [1.807, 2.05) is 16.6 Å². The molecule has 0 saturated carbocycles. The fraction of sp³-hybridized carbons (Fsp3) is 0.385. The molecule has 1 aliphatic heterocycles. The Labute approximate surface area is 112 Å². The molecular weight excluding hydrogens is 386 g/mol. The Hall–Kier alpha value is -0.952. The molecule has 2 rings (SSSR count). The second-order valence-corrected chi connectivity index (χ2v) is 5.07. The fourth-order valence-electron chi connectivity index (χ4n) is 2.16. The monoisotopic (exact) mass is 400 g/mol. The molecule has 0 aromatic heterocycles. The zero-order valence-corrected chi connectivity index (χ0v) is 12.4. The molecule has 3 nitrogen and oxygen atoms in total. The molecule has 1 heterocycles. The van der Waals surface area contributed by atoms with Crippen molar-refractivity contribution in [1.29, 1.82) is 0 Å². The van der Waals surface area contributed by atoms with E-state index in [1.165, 1.54) is 19.4 Å². The van der Waals surface area contributed by atoms with Gasteiger partial charge in [-0.05, 0) is 0 Å². The molecule has 1 amide bonds. The van der Waals surface area contributed by atoms with E-state index < -0.39 is 5.60 Å². The molecular formula is C13H14NO2W-. The van der Waals surface area contributed by atoms with Crippen molar-refractivity contribution in [3.8, 4) is 0 Å². The van der Waals surface area contributed by atoms with Crippen molar-refractivity contribution in [3.05, 3.63) is 36.1 Å². The number of amides is 1. The summed E-state index contributed by atoms with van der Waals surface area (Å²) in [7, 11) is 0. The number of carbonyl (C=O) groups is 1. The topological polar surface area (TPSA) is 38.3 Å². The van der Waals surface area contributed by atoms with Gasteiger partial charge in [-0.2, -0.15) is 0 Å². The summed E-state index contributed by atoms with van der Waals surface area (Å²) in [4.78, 5) is 12.1. The van der Waals surface area contributed by atoms with Gasteiger partial charge in [-0.3, -0.25) is 0 Å². The first-order valence-electron chi connectivity index (χ1n) is 5.57. The summed E-state index contributed by atoms with van der Waals surface area (Å²) in [6.45, 7) is 4.21. The third kappa shape index (κ3) is 2.35. The van der Waals surface area contributed by atoms with Gasteiger partial charge in [-0.25, -0.2) is 0 Å². The molecule has 0 aromatic carbocycles. The molecule has 0 bridgehead atoms. The Bertz CT molecular complexity index is 425. The van der Waals surface area contributed by atoms with Crippen LogP contribution in [0.2, 0.25) is 0 Å². The summed E-state index contributed by atoms with van der Waals surface area (Å²) in [6.07, 6.45) is 9.61. The van der Waals surface area contributed by atoms with Crippen molar-refractivity contribution >= 4 is 10.3 Å². The number of carbonyl (C=O) groups excluding carboxylic acids is 1. The summed E-state index contributed by atoms with van der Waals surface area (Å²) in [5.41, 5.74) is -0.0535. The number of hydrogen-bond donors (Lipinski definition) is 1. The van der Waals surface area contributed by atoms with Crippen molar-refractivity contribution in [2.24, 2.45) is 0 Å². The first kappa shape index (κ1) is 12.5. The first-order valence-corrected chi connectivity index (χ1v) is 7.26. The van der Waals surface area contributed by atoms with Gasteiger partial charge in [0.15, 0.2) is 0 Å². The van der Waals surface area contributed by atoms with Crippen LogP contribution in [-0.2, 0) is 28.9 Å². The van der Waals surface area contributed by atoms with Crippen LogP contribution in [0, 0.1) is 6.08 Å². The Morgan fingerprint density at radius 2 is 2.41 bits per heavy atom. The van der Waals surface area contributed by atoms with Gasteiger partial charge < -0.3 is 0 Å². The summed E-state index contributed by atoms with van der Waals surface area (Å²) in [6, 6.07) is 0. The summed E-state index contributed by atoms with van der Waals surface area (Å²) < 4.78 is 7.78. The number of morpholine rings is 1. The van der Waals surface area contributed by atoms with E-state index in [9.17, 15) is 4.79 Å². The van der Waals surface area contributed by atoms with E-state index in [0.29, 0.717) is 18.7 Å². The van der Waals surface area contributed by atoms with Crippen molar-refractivity contribution in [3.63, 3.8) is 0 Å². The number of hydrogen-bond acceptors (Lipinski definition) is 2. The molecule has 1 N–H and O–H groups in total. The van der Waals surface area contributed by atoms with Crippen LogP contribution < -0.4 is 5.32 Å². The normalized spacial score (nSPS) is 28.8. The van der Waals surface area contributed by atoms with Crippen LogP contribution in [0.15, 0.2) is 30.1 Å². The van der Waals surface area contributed by atoms with Gasteiger partial charge >= 0.3 is 112 Å². The molecule has 2 aliphatic rings. The molecule has 1 unspecified atom stereocenters. The van der Waals surface area contributed by atoms with Crippen LogP contribution in [0.3, 0.4) is 0 Å². The molecule has 1 fully saturated rings. The number of nitrogens with one attached hydrogen (secondary N) is 1. The maximum absolute atomic E-state index is 12.1. The number of ether oxygens (including phenoxy) is 1. The molecule has 90 valence electrons. The van der Waals surface area contributed by atoms with Gasteiger partial charge in [0.25, 0.3) is 0 Å². The van der Waals surface area contributed by atoms with Gasteiger partial charge in [0.2, 0.25) is 0 Å². The SMILES string of the molecule is C=C1CNC(=O)C2(CCC[C-]=C2/C=C\[CH]=[W])O1. The molecule has 1 saturated heterocycles. The van der Waals surface area contributed by atoms with E-state index >= 15 is 0 Å². The van der Waals surface area contributed by atoms with Crippen LogP contribution in [0.1, 0.15) is 19.3 Å². The maximum atomic E-state index is 12.1. The third-order valence-electron chi connectivity index (χ3n) is 2.93. The molecule has 1 spiro atoms. The standard InChI is InChI=1S/C13H14NO2.W/c1-3-6-11-7-4-5-8-13(11)12(15)14-9-10(2)16-13;/h1,3,6H,2,4-5,8-9H2,(H,14,15);/q-1;/b6-3-;. The van der Waals surface area contributed by atoms with Crippen LogP contribution in [0.5, 0.6) is 0 Å². The van der Waals surface area contributed by atoms with E-state index in [4.69, 9.17) is 4.74 Å². The molecule has 17 heavy (non-hydrogen) atoms. The number of rotatable bonds is 2. The molecule has 1 atom stereocenters. The zero-order valence-electron chi connectivity index (χ0n) is 9.49. The second kappa shape index (κ2) is 5.14. The van der Waals surface area contributed by atoms with Crippen molar-refractivity contribution in [1.82, 2.24) is 5.32 Å². The van der Waals surface area contributed by atoms with E-state index in [1.54, 1.807) is 0 Å². The molecule has 4 heteroatoms. The van der Waals surface area contributed by atoms with Gasteiger partial charge in [0.1, 0.15) is 0 Å². The van der Waals surface area contributed by atoms with Gasteiger partial charge in [-0.15, -0.1) is 0 Å². The van der Waals surface area contributed by atoms with Crippen LogP contribution in [-0.4, -0.2) is 22.5 Å². The van der Waals surface area contributed by atoms with Crippen LogP contribution >= 0.6 is 0 Å². The Morgan fingerprint density at radius 3 is 3.18 bits per heavy atom. The van der Waals surface area contributed by atoms with Crippen molar-refractivity contribution in [2.45, 2.75) is 24.9 Å². The molecule has 0 aromatic rings.